The molecule has 90 valence electrons. The second-order valence-electron chi connectivity index (χ2n) is 5.59. The van der Waals surface area contributed by atoms with Crippen molar-refractivity contribution in [3.05, 3.63) is 0 Å². The van der Waals surface area contributed by atoms with Crippen LogP contribution in [0.15, 0.2) is 0 Å². The Labute approximate surface area is 93.4 Å². The molecule has 0 amide bonds. The van der Waals surface area contributed by atoms with E-state index in [1.807, 2.05) is 20.8 Å². The van der Waals surface area contributed by atoms with E-state index in [1.54, 1.807) is 0 Å². The minimum atomic E-state index is -0.324. The average Bonchev–Trinajstić information content (AvgIpc) is 2.47. The number of aliphatic hydroxyl groups excluding tert-OH is 1. The standard InChI is InChI=1S/C12H25NO2/c1-12(2,3)15-9-11(14)8-10-6-5-7-13(10)4/h10-11,14H,5-9H2,1-4H3/t10?,11-/m1/s1. The van der Waals surface area contributed by atoms with Gasteiger partial charge in [-0.25, -0.2) is 0 Å². The van der Waals surface area contributed by atoms with Gasteiger partial charge in [-0.05, 0) is 53.6 Å². The molecule has 3 nitrogen and oxygen atoms in total. The minimum absolute atomic E-state index is 0.150. The molecule has 1 aliphatic rings. The molecule has 3 heteroatoms. The highest BCUT2D eigenvalue weighted by Gasteiger charge is 2.24. The third-order valence-corrected chi connectivity index (χ3v) is 2.92. The van der Waals surface area contributed by atoms with Crippen LogP contribution in [0.2, 0.25) is 0 Å². The maximum Gasteiger partial charge on any atom is 0.0788 e. The molecule has 0 saturated carbocycles. The van der Waals surface area contributed by atoms with Gasteiger partial charge >= 0.3 is 0 Å². The fraction of sp³-hybridized carbons (Fsp3) is 1.00. The van der Waals surface area contributed by atoms with Crippen molar-refractivity contribution in [2.45, 2.75) is 57.8 Å². The van der Waals surface area contributed by atoms with Crippen LogP contribution in [0.3, 0.4) is 0 Å². The molecule has 0 aromatic carbocycles. The molecule has 0 bridgehead atoms. The van der Waals surface area contributed by atoms with Gasteiger partial charge in [0, 0.05) is 6.04 Å². The summed E-state index contributed by atoms with van der Waals surface area (Å²) in [7, 11) is 2.13. The summed E-state index contributed by atoms with van der Waals surface area (Å²) in [5.74, 6) is 0. The van der Waals surface area contributed by atoms with Crippen LogP contribution >= 0.6 is 0 Å². The molecule has 0 radical (unpaired) electrons. The van der Waals surface area contributed by atoms with E-state index in [9.17, 15) is 5.11 Å². The fourth-order valence-electron chi connectivity index (χ4n) is 2.01. The lowest BCUT2D eigenvalue weighted by Gasteiger charge is -2.25. The summed E-state index contributed by atoms with van der Waals surface area (Å²) in [5, 5.41) is 9.84. The number of rotatable bonds is 4. The lowest BCUT2D eigenvalue weighted by Crippen LogP contribution is -2.33. The fourth-order valence-corrected chi connectivity index (χ4v) is 2.01. The Balaban J connectivity index is 2.20. The van der Waals surface area contributed by atoms with Crippen LogP contribution in [0.25, 0.3) is 0 Å². The summed E-state index contributed by atoms with van der Waals surface area (Å²) in [5.41, 5.74) is -0.150. The van der Waals surface area contributed by atoms with Crippen LogP contribution in [0.4, 0.5) is 0 Å². The highest BCUT2D eigenvalue weighted by Crippen LogP contribution is 2.20. The number of aliphatic hydroxyl groups is 1. The number of likely N-dealkylation sites (tertiary alicyclic amines) is 1. The van der Waals surface area contributed by atoms with E-state index in [0.717, 1.165) is 13.0 Å². The predicted octanol–water partition coefficient (Wildman–Crippen LogP) is 1.65. The Kier molecular flexibility index (Phi) is 4.56. The number of hydrogen-bond donors (Lipinski definition) is 1. The van der Waals surface area contributed by atoms with Gasteiger partial charge in [-0.15, -0.1) is 0 Å². The van der Waals surface area contributed by atoms with Crippen molar-refractivity contribution in [2.24, 2.45) is 0 Å². The van der Waals surface area contributed by atoms with Crippen molar-refractivity contribution in [1.29, 1.82) is 0 Å². The summed E-state index contributed by atoms with van der Waals surface area (Å²) in [4.78, 5) is 2.33. The lowest BCUT2D eigenvalue weighted by molar-refractivity contribution is -0.0545. The first kappa shape index (κ1) is 12.9. The van der Waals surface area contributed by atoms with Crippen molar-refractivity contribution in [3.8, 4) is 0 Å². The Morgan fingerprint density at radius 3 is 2.60 bits per heavy atom. The van der Waals surface area contributed by atoms with Gasteiger partial charge in [-0.3, -0.25) is 0 Å². The van der Waals surface area contributed by atoms with Crippen molar-refractivity contribution >= 4 is 0 Å². The van der Waals surface area contributed by atoms with Gasteiger partial charge in [0.25, 0.3) is 0 Å². The molecule has 1 aliphatic heterocycles. The molecular formula is C12H25NO2. The topological polar surface area (TPSA) is 32.7 Å². The van der Waals surface area contributed by atoms with Crippen LogP contribution in [0.1, 0.15) is 40.0 Å². The second kappa shape index (κ2) is 5.28. The monoisotopic (exact) mass is 215 g/mol. The lowest BCUT2D eigenvalue weighted by atomic mass is 10.1. The summed E-state index contributed by atoms with van der Waals surface area (Å²) in [6.45, 7) is 7.66. The summed E-state index contributed by atoms with van der Waals surface area (Å²) in [6, 6.07) is 0.545. The van der Waals surface area contributed by atoms with E-state index >= 15 is 0 Å². The van der Waals surface area contributed by atoms with E-state index in [-0.39, 0.29) is 11.7 Å². The van der Waals surface area contributed by atoms with Crippen molar-refractivity contribution in [2.75, 3.05) is 20.2 Å². The molecule has 0 spiro atoms. The highest BCUT2D eigenvalue weighted by molar-refractivity contribution is 4.79. The van der Waals surface area contributed by atoms with Gasteiger partial charge in [0.15, 0.2) is 0 Å². The van der Waals surface area contributed by atoms with Gasteiger partial charge in [0.05, 0.1) is 18.3 Å². The molecule has 1 rings (SSSR count). The van der Waals surface area contributed by atoms with Crippen LogP contribution in [0, 0.1) is 0 Å². The Hall–Kier alpha value is -0.120. The third kappa shape index (κ3) is 4.96. The summed E-state index contributed by atoms with van der Waals surface area (Å²) >= 11 is 0. The number of ether oxygens (including phenoxy) is 1. The average molecular weight is 215 g/mol. The molecule has 15 heavy (non-hydrogen) atoms. The molecule has 0 aromatic heterocycles. The summed E-state index contributed by atoms with van der Waals surface area (Å²) < 4.78 is 5.57. The van der Waals surface area contributed by atoms with Crippen molar-refractivity contribution in [1.82, 2.24) is 4.90 Å². The van der Waals surface area contributed by atoms with Gasteiger partial charge in [0.2, 0.25) is 0 Å². The molecule has 2 atom stereocenters. The van der Waals surface area contributed by atoms with E-state index in [2.05, 4.69) is 11.9 Å². The molecule has 0 aliphatic carbocycles. The van der Waals surface area contributed by atoms with Gasteiger partial charge < -0.3 is 14.7 Å². The largest absolute Gasteiger partial charge is 0.391 e. The zero-order valence-electron chi connectivity index (χ0n) is 10.5. The first-order chi connectivity index (χ1) is 6.88. The van der Waals surface area contributed by atoms with E-state index in [0.29, 0.717) is 12.6 Å². The quantitative estimate of drug-likeness (QED) is 0.774. The molecule has 1 unspecified atom stereocenters. The smallest absolute Gasteiger partial charge is 0.0788 e. The Morgan fingerprint density at radius 2 is 2.13 bits per heavy atom. The maximum absolute atomic E-state index is 9.84. The number of nitrogens with zero attached hydrogens (tertiary/aromatic N) is 1. The van der Waals surface area contributed by atoms with Crippen LogP contribution in [-0.2, 0) is 4.74 Å². The maximum atomic E-state index is 9.84. The third-order valence-electron chi connectivity index (χ3n) is 2.92. The van der Waals surface area contributed by atoms with E-state index < -0.39 is 0 Å². The molecular weight excluding hydrogens is 190 g/mol. The van der Waals surface area contributed by atoms with E-state index in [1.165, 1.54) is 12.8 Å². The van der Waals surface area contributed by atoms with Crippen molar-refractivity contribution < 1.29 is 9.84 Å². The summed E-state index contributed by atoms with van der Waals surface area (Å²) in [6.07, 6.45) is 2.98. The number of hydrogen-bond acceptors (Lipinski definition) is 3. The highest BCUT2D eigenvalue weighted by atomic mass is 16.5. The molecule has 1 heterocycles. The second-order valence-corrected chi connectivity index (χ2v) is 5.59. The SMILES string of the molecule is CN1CCCC1C[C@@H](O)COC(C)(C)C. The first-order valence-electron chi connectivity index (χ1n) is 5.91. The van der Waals surface area contributed by atoms with E-state index in [4.69, 9.17) is 4.74 Å². The van der Waals surface area contributed by atoms with Gasteiger partial charge in [-0.1, -0.05) is 0 Å². The van der Waals surface area contributed by atoms with Crippen LogP contribution in [-0.4, -0.2) is 48.0 Å². The normalized spacial score (nSPS) is 25.8. The Bertz CT molecular complexity index is 189. The first-order valence-corrected chi connectivity index (χ1v) is 5.91. The molecule has 1 N–H and O–H groups in total. The minimum Gasteiger partial charge on any atom is -0.391 e. The van der Waals surface area contributed by atoms with Gasteiger partial charge in [-0.2, -0.15) is 0 Å². The molecule has 1 fully saturated rings. The van der Waals surface area contributed by atoms with Crippen molar-refractivity contribution in [3.63, 3.8) is 0 Å². The molecule has 1 saturated heterocycles. The Morgan fingerprint density at radius 1 is 1.47 bits per heavy atom. The zero-order chi connectivity index (χ0) is 11.5. The molecule has 0 aromatic rings. The predicted molar refractivity (Wildman–Crippen MR) is 62.0 cm³/mol. The van der Waals surface area contributed by atoms with Gasteiger partial charge in [0.1, 0.15) is 0 Å². The van der Waals surface area contributed by atoms with Crippen LogP contribution in [0.5, 0.6) is 0 Å². The van der Waals surface area contributed by atoms with Crippen LogP contribution < -0.4 is 0 Å². The zero-order valence-corrected chi connectivity index (χ0v) is 10.5.